The highest BCUT2D eigenvalue weighted by Gasteiger charge is 2.31. The largest absolute Gasteiger partial charge is 0.495 e. The average molecular weight is 285 g/mol. The molecule has 21 heavy (non-hydrogen) atoms. The Morgan fingerprint density at radius 1 is 1.10 bits per heavy atom. The van der Waals surface area contributed by atoms with E-state index >= 15 is 0 Å². The number of methoxy groups -OCH3 is 1. The second kappa shape index (κ2) is 5.40. The summed E-state index contributed by atoms with van der Waals surface area (Å²) < 4.78 is 5.46. The van der Waals surface area contributed by atoms with Crippen molar-refractivity contribution in [2.24, 2.45) is 11.3 Å². The summed E-state index contributed by atoms with van der Waals surface area (Å²) in [4.78, 5) is 3.42. The number of benzene rings is 1. The Bertz CT molecular complexity index is 612. The first-order chi connectivity index (χ1) is 10.0. The van der Waals surface area contributed by atoms with Crippen LogP contribution in [0.3, 0.4) is 0 Å². The van der Waals surface area contributed by atoms with Crippen LogP contribution in [-0.2, 0) is 0 Å². The summed E-state index contributed by atoms with van der Waals surface area (Å²) in [6, 6.07) is 6.35. The molecule has 1 saturated carbocycles. The quantitative estimate of drug-likeness (QED) is 0.774. The third-order valence-electron chi connectivity index (χ3n) is 5.32. The molecule has 0 saturated heterocycles. The second-order valence-corrected chi connectivity index (χ2v) is 7.54. The van der Waals surface area contributed by atoms with Crippen LogP contribution in [0.4, 0.5) is 0 Å². The van der Waals surface area contributed by atoms with Gasteiger partial charge in [-0.1, -0.05) is 32.9 Å². The Morgan fingerprint density at radius 2 is 1.81 bits per heavy atom. The van der Waals surface area contributed by atoms with Crippen LogP contribution < -0.4 is 4.74 Å². The summed E-state index contributed by atoms with van der Waals surface area (Å²) in [5.74, 6) is 2.51. The maximum Gasteiger partial charge on any atom is 0.142 e. The molecule has 0 unspecified atom stereocenters. The normalized spacial score (nSPS) is 23.4. The predicted molar refractivity (Wildman–Crippen MR) is 89.0 cm³/mol. The molecule has 1 fully saturated rings. The minimum atomic E-state index is 0.453. The van der Waals surface area contributed by atoms with Gasteiger partial charge in [-0.15, -0.1) is 0 Å². The van der Waals surface area contributed by atoms with E-state index in [0.717, 1.165) is 17.2 Å². The van der Waals surface area contributed by atoms with E-state index in [-0.39, 0.29) is 0 Å². The summed E-state index contributed by atoms with van der Waals surface area (Å²) in [5.41, 5.74) is 3.08. The Balaban J connectivity index is 1.83. The van der Waals surface area contributed by atoms with Crippen molar-refractivity contribution in [3.8, 4) is 5.75 Å². The maximum absolute atomic E-state index is 5.46. The lowest BCUT2D eigenvalue weighted by molar-refractivity contribution is 0.169. The van der Waals surface area contributed by atoms with E-state index in [1.54, 1.807) is 7.11 Å². The number of H-pyrrole nitrogens is 1. The number of para-hydroxylation sites is 1. The van der Waals surface area contributed by atoms with Gasteiger partial charge in [-0.3, -0.25) is 0 Å². The fourth-order valence-electron chi connectivity index (χ4n) is 3.93. The first-order valence-corrected chi connectivity index (χ1v) is 8.14. The van der Waals surface area contributed by atoms with Gasteiger partial charge in [0.2, 0.25) is 0 Å². The molecule has 0 atom stereocenters. The molecule has 2 nitrogen and oxygen atoms in total. The van der Waals surface area contributed by atoms with Crippen LogP contribution in [0.15, 0.2) is 24.4 Å². The molecule has 0 aliphatic heterocycles. The van der Waals surface area contributed by atoms with Gasteiger partial charge in [-0.2, -0.15) is 0 Å². The number of nitrogens with one attached hydrogen (secondary N) is 1. The highest BCUT2D eigenvalue weighted by Crippen LogP contribution is 2.45. The van der Waals surface area contributed by atoms with Gasteiger partial charge in [0.15, 0.2) is 0 Å². The molecule has 1 aromatic heterocycles. The molecule has 2 aromatic rings. The van der Waals surface area contributed by atoms with Crippen LogP contribution in [0.2, 0.25) is 0 Å². The number of aromatic amines is 1. The van der Waals surface area contributed by atoms with E-state index < -0.39 is 0 Å². The molecule has 114 valence electrons. The van der Waals surface area contributed by atoms with Crippen LogP contribution in [0.5, 0.6) is 5.75 Å². The van der Waals surface area contributed by atoms with Crippen molar-refractivity contribution in [2.75, 3.05) is 7.11 Å². The first-order valence-electron chi connectivity index (χ1n) is 8.14. The molecule has 2 heteroatoms. The van der Waals surface area contributed by atoms with Crippen molar-refractivity contribution in [1.82, 2.24) is 4.98 Å². The highest BCUT2D eigenvalue weighted by molar-refractivity contribution is 5.88. The van der Waals surface area contributed by atoms with E-state index in [4.69, 9.17) is 4.74 Å². The molecular formula is C19H27NO. The molecule has 1 aliphatic carbocycles. The van der Waals surface area contributed by atoms with Gasteiger partial charge in [-0.25, -0.2) is 0 Å². The van der Waals surface area contributed by atoms with E-state index in [0.29, 0.717) is 11.3 Å². The third-order valence-corrected chi connectivity index (χ3v) is 5.32. The fraction of sp³-hybridized carbons (Fsp3) is 0.579. The van der Waals surface area contributed by atoms with E-state index in [9.17, 15) is 0 Å². The van der Waals surface area contributed by atoms with Gasteiger partial charge in [-0.05, 0) is 54.6 Å². The van der Waals surface area contributed by atoms with Crippen LogP contribution >= 0.6 is 0 Å². The number of aromatic nitrogens is 1. The Labute approximate surface area is 127 Å². The second-order valence-electron chi connectivity index (χ2n) is 7.54. The summed E-state index contributed by atoms with van der Waals surface area (Å²) in [6.45, 7) is 7.15. The molecule has 0 bridgehead atoms. The average Bonchev–Trinajstić information content (AvgIpc) is 2.90. The van der Waals surface area contributed by atoms with Crippen molar-refractivity contribution in [3.63, 3.8) is 0 Å². The Morgan fingerprint density at radius 3 is 2.43 bits per heavy atom. The topological polar surface area (TPSA) is 25.0 Å². The lowest BCUT2D eigenvalue weighted by Gasteiger charge is -2.37. The summed E-state index contributed by atoms with van der Waals surface area (Å²) >= 11 is 0. The zero-order chi connectivity index (χ0) is 15.0. The molecule has 1 aliphatic rings. The molecule has 0 spiro atoms. The number of ether oxygens (including phenoxy) is 1. The molecule has 1 aromatic carbocycles. The van der Waals surface area contributed by atoms with Crippen molar-refractivity contribution < 1.29 is 4.74 Å². The first kappa shape index (κ1) is 14.5. The van der Waals surface area contributed by atoms with Gasteiger partial charge < -0.3 is 9.72 Å². The lowest BCUT2D eigenvalue weighted by Crippen LogP contribution is -2.25. The van der Waals surface area contributed by atoms with Gasteiger partial charge >= 0.3 is 0 Å². The molecule has 1 N–H and O–H groups in total. The molecule has 1 heterocycles. The van der Waals surface area contributed by atoms with Crippen LogP contribution in [0.25, 0.3) is 10.9 Å². The number of fused-ring (bicyclic) bond motifs is 1. The zero-order valence-electron chi connectivity index (χ0n) is 13.7. The SMILES string of the molecule is COc1cccc2c(C3CCC(C(C)(C)C)CC3)c[nH]c12. The molecule has 0 radical (unpaired) electrons. The zero-order valence-corrected chi connectivity index (χ0v) is 13.7. The van der Waals surface area contributed by atoms with Crippen molar-refractivity contribution in [2.45, 2.75) is 52.4 Å². The van der Waals surface area contributed by atoms with E-state index in [1.165, 1.54) is 36.6 Å². The maximum atomic E-state index is 5.46. The van der Waals surface area contributed by atoms with Gasteiger partial charge in [0.05, 0.1) is 12.6 Å². The molecule has 0 amide bonds. The molecular weight excluding hydrogens is 258 g/mol. The van der Waals surface area contributed by atoms with Crippen molar-refractivity contribution in [1.29, 1.82) is 0 Å². The molecule has 3 rings (SSSR count). The predicted octanol–water partition coefficient (Wildman–Crippen LogP) is 5.50. The number of hydrogen-bond acceptors (Lipinski definition) is 1. The monoisotopic (exact) mass is 285 g/mol. The fourth-order valence-corrected chi connectivity index (χ4v) is 3.93. The van der Waals surface area contributed by atoms with Crippen LogP contribution in [-0.4, -0.2) is 12.1 Å². The van der Waals surface area contributed by atoms with E-state index in [1.807, 2.05) is 6.07 Å². The van der Waals surface area contributed by atoms with Crippen molar-refractivity contribution in [3.05, 3.63) is 30.0 Å². The Hall–Kier alpha value is -1.44. The third kappa shape index (κ3) is 2.68. The van der Waals surface area contributed by atoms with Gasteiger partial charge in [0.1, 0.15) is 5.75 Å². The Kier molecular flexibility index (Phi) is 3.73. The van der Waals surface area contributed by atoms with E-state index in [2.05, 4.69) is 44.1 Å². The number of rotatable bonds is 2. The minimum Gasteiger partial charge on any atom is -0.495 e. The summed E-state index contributed by atoms with van der Waals surface area (Å²) in [5, 5.41) is 1.34. The summed E-state index contributed by atoms with van der Waals surface area (Å²) in [7, 11) is 1.74. The lowest BCUT2D eigenvalue weighted by atomic mass is 9.68. The standard InChI is InChI=1S/C19H27NO/c1-19(2,3)14-10-8-13(9-11-14)16-12-20-18-15(16)6-5-7-17(18)21-4/h5-7,12-14,20H,8-11H2,1-4H3. The minimum absolute atomic E-state index is 0.453. The van der Waals surface area contributed by atoms with Crippen LogP contribution in [0.1, 0.15) is 57.9 Å². The van der Waals surface area contributed by atoms with Crippen LogP contribution in [0, 0.1) is 11.3 Å². The summed E-state index contributed by atoms with van der Waals surface area (Å²) in [6.07, 6.45) is 7.53. The highest BCUT2D eigenvalue weighted by atomic mass is 16.5. The smallest absolute Gasteiger partial charge is 0.142 e. The van der Waals surface area contributed by atoms with Crippen molar-refractivity contribution >= 4 is 10.9 Å². The van der Waals surface area contributed by atoms with Gasteiger partial charge in [0, 0.05) is 11.6 Å². The number of hydrogen-bond donors (Lipinski definition) is 1. The van der Waals surface area contributed by atoms with Gasteiger partial charge in [0.25, 0.3) is 0 Å².